The average molecular weight is 223 g/mol. The van der Waals surface area contributed by atoms with E-state index in [1.54, 1.807) is 0 Å². The van der Waals surface area contributed by atoms with E-state index in [1.807, 2.05) is 0 Å². The predicted molar refractivity (Wildman–Crippen MR) is 61.3 cm³/mol. The Morgan fingerprint density at radius 1 is 1.31 bits per heavy atom. The number of esters is 1. The fourth-order valence-corrected chi connectivity index (χ4v) is 1.01. The van der Waals surface area contributed by atoms with Crippen LogP contribution in [0.1, 0.15) is 31.3 Å². The third-order valence-electron chi connectivity index (χ3n) is 2.42. The Kier molecular flexibility index (Phi) is 4.22. The molecule has 0 saturated heterocycles. The summed E-state index contributed by atoms with van der Waals surface area (Å²) >= 11 is 0. The third-order valence-corrected chi connectivity index (χ3v) is 2.42. The quantitative estimate of drug-likeness (QED) is 0.787. The second-order valence-corrected chi connectivity index (χ2v) is 3.96. The molecule has 16 heavy (non-hydrogen) atoms. The molecule has 0 aliphatic heterocycles. The Labute approximate surface area is 95.3 Å². The molecule has 0 fully saturated rings. The number of anilines is 1. The predicted octanol–water partition coefficient (Wildman–Crippen LogP) is 1.72. The molecular weight excluding hydrogens is 206 g/mol. The van der Waals surface area contributed by atoms with Crippen LogP contribution in [-0.4, -0.2) is 29.1 Å². The normalized spacial score (nSPS) is 12.3. The summed E-state index contributed by atoms with van der Waals surface area (Å²) in [6.45, 7) is 6.31. The molecule has 0 saturated carbocycles. The van der Waals surface area contributed by atoms with Crippen LogP contribution in [0.5, 0.6) is 0 Å². The monoisotopic (exact) mass is 223 g/mol. The molecule has 0 amide bonds. The zero-order valence-electron chi connectivity index (χ0n) is 10.0. The fourth-order valence-electron chi connectivity index (χ4n) is 1.01. The van der Waals surface area contributed by atoms with Crippen LogP contribution in [0.15, 0.2) is 12.4 Å². The maximum absolute atomic E-state index is 11.1. The molecule has 0 aliphatic carbocycles. The highest BCUT2D eigenvalue weighted by molar-refractivity contribution is 5.86. The topological polar surface area (TPSA) is 64.1 Å². The summed E-state index contributed by atoms with van der Waals surface area (Å²) in [4.78, 5) is 19.2. The molecule has 0 spiro atoms. The number of hydrogen-bond acceptors (Lipinski definition) is 5. The van der Waals surface area contributed by atoms with Gasteiger partial charge in [0.2, 0.25) is 0 Å². The lowest BCUT2D eigenvalue weighted by Gasteiger charge is -2.17. The maximum atomic E-state index is 11.1. The van der Waals surface area contributed by atoms with Gasteiger partial charge in [0, 0.05) is 6.04 Å². The highest BCUT2D eigenvalue weighted by Crippen LogP contribution is 2.09. The highest BCUT2D eigenvalue weighted by Gasteiger charge is 2.10. The van der Waals surface area contributed by atoms with Crippen molar-refractivity contribution in [1.82, 2.24) is 9.97 Å². The number of aromatic nitrogens is 2. The van der Waals surface area contributed by atoms with Crippen molar-refractivity contribution in [2.45, 2.75) is 26.8 Å². The molecule has 1 aromatic rings. The number of hydrogen-bond donors (Lipinski definition) is 1. The summed E-state index contributed by atoms with van der Waals surface area (Å²) < 4.78 is 4.53. The first-order chi connectivity index (χ1) is 7.54. The summed E-state index contributed by atoms with van der Waals surface area (Å²) in [5.41, 5.74) is 0.213. The number of nitrogens with zero attached hydrogens (tertiary/aromatic N) is 2. The molecule has 1 rings (SSSR count). The first-order valence-corrected chi connectivity index (χ1v) is 5.21. The number of methoxy groups -OCH3 is 1. The molecule has 0 aromatic carbocycles. The van der Waals surface area contributed by atoms with Crippen LogP contribution in [0.2, 0.25) is 0 Å². The molecule has 0 radical (unpaired) electrons. The Morgan fingerprint density at radius 3 is 2.44 bits per heavy atom. The van der Waals surface area contributed by atoms with E-state index in [0.29, 0.717) is 17.8 Å². The van der Waals surface area contributed by atoms with Crippen LogP contribution >= 0.6 is 0 Å². The molecule has 1 unspecified atom stereocenters. The molecule has 1 atom stereocenters. The van der Waals surface area contributed by atoms with E-state index in [2.05, 4.69) is 40.8 Å². The van der Waals surface area contributed by atoms with Gasteiger partial charge in [0.05, 0.1) is 19.5 Å². The molecular formula is C11H17N3O2. The van der Waals surface area contributed by atoms with E-state index < -0.39 is 5.97 Å². The standard InChI is InChI=1S/C11H17N3O2/c1-7(2)8(3)14-10-6-12-9(5-13-10)11(15)16-4/h5-8H,1-4H3,(H,13,14). The number of nitrogens with one attached hydrogen (secondary N) is 1. The van der Waals surface area contributed by atoms with Crippen LogP contribution in [0.25, 0.3) is 0 Å². The first-order valence-electron chi connectivity index (χ1n) is 5.21. The minimum atomic E-state index is -0.476. The molecule has 5 heteroatoms. The van der Waals surface area contributed by atoms with Gasteiger partial charge in [0.15, 0.2) is 5.69 Å². The van der Waals surface area contributed by atoms with E-state index in [0.717, 1.165) is 0 Å². The summed E-state index contributed by atoms with van der Waals surface area (Å²) in [5.74, 6) is 0.687. The van der Waals surface area contributed by atoms with Crippen molar-refractivity contribution in [2.75, 3.05) is 12.4 Å². The lowest BCUT2D eigenvalue weighted by Crippen LogP contribution is -2.22. The van der Waals surface area contributed by atoms with Gasteiger partial charge in [-0.25, -0.2) is 14.8 Å². The molecule has 5 nitrogen and oxygen atoms in total. The van der Waals surface area contributed by atoms with Crippen molar-refractivity contribution in [3.8, 4) is 0 Å². The number of rotatable bonds is 4. The Bertz CT molecular complexity index is 349. The van der Waals surface area contributed by atoms with Gasteiger partial charge in [0.25, 0.3) is 0 Å². The van der Waals surface area contributed by atoms with Crippen LogP contribution < -0.4 is 5.32 Å². The van der Waals surface area contributed by atoms with Crippen molar-refractivity contribution >= 4 is 11.8 Å². The van der Waals surface area contributed by atoms with Gasteiger partial charge in [-0.2, -0.15) is 0 Å². The van der Waals surface area contributed by atoms with Crippen molar-refractivity contribution in [3.63, 3.8) is 0 Å². The summed E-state index contributed by atoms with van der Waals surface area (Å²) in [6, 6.07) is 0.304. The van der Waals surface area contributed by atoms with E-state index >= 15 is 0 Å². The summed E-state index contributed by atoms with van der Waals surface area (Å²) in [5, 5.41) is 3.20. The van der Waals surface area contributed by atoms with E-state index in [-0.39, 0.29) is 5.69 Å². The zero-order valence-corrected chi connectivity index (χ0v) is 10.0. The van der Waals surface area contributed by atoms with Crippen LogP contribution in [0.4, 0.5) is 5.82 Å². The molecule has 0 aliphatic rings. The van der Waals surface area contributed by atoms with Gasteiger partial charge in [-0.05, 0) is 12.8 Å². The van der Waals surface area contributed by atoms with E-state index in [1.165, 1.54) is 19.5 Å². The van der Waals surface area contributed by atoms with Gasteiger partial charge in [-0.15, -0.1) is 0 Å². The van der Waals surface area contributed by atoms with Crippen LogP contribution in [-0.2, 0) is 4.74 Å². The lowest BCUT2D eigenvalue weighted by molar-refractivity contribution is 0.0593. The molecule has 88 valence electrons. The van der Waals surface area contributed by atoms with Crippen molar-refractivity contribution in [2.24, 2.45) is 5.92 Å². The van der Waals surface area contributed by atoms with E-state index in [9.17, 15) is 4.79 Å². The van der Waals surface area contributed by atoms with Crippen LogP contribution in [0.3, 0.4) is 0 Å². The Balaban J connectivity index is 2.68. The van der Waals surface area contributed by atoms with Gasteiger partial charge in [-0.1, -0.05) is 13.8 Å². The third kappa shape index (κ3) is 3.18. The maximum Gasteiger partial charge on any atom is 0.358 e. The molecule has 1 N–H and O–H groups in total. The number of carbonyl (C=O) groups excluding carboxylic acids is 1. The second kappa shape index (κ2) is 5.44. The van der Waals surface area contributed by atoms with Crippen LogP contribution in [0, 0.1) is 5.92 Å². The van der Waals surface area contributed by atoms with Crippen molar-refractivity contribution < 1.29 is 9.53 Å². The Morgan fingerprint density at radius 2 is 2.00 bits per heavy atom. The van der Waals surface area contributed by atoms with Gasteiger partial charge >= 0.3 is 5.97 Å². The smallest absolute Gasteiger partial charge is 0.358 e. The fraction of sp³-hybridized carbons (Fsp3) is 0.545. The summed E-state index contributed by atoms with van der Waals surface area (Å²) in [6.07, 6.45) is 2.94. The van der Waals surface area contributed by atoms with Gasteiger partial charge in [-0.3, -0.25) is 0 Å². The number of carbonyl (C=O) groups is 1. The minimum absolute atomic E-state index is 0.213. The molecule has 0 bridgehead atoms. The lowest BCUT2D eigenvalue weighted by atomic mass is 10.1. The van der Waals surface area contributed by atoms with E-state index in [4.69, 9.17) is 0 Å². The second-order valence-electron chi connectivity index (χ2n) is 3.96. The minimum Gasteiger partial charge on any atom is -0.464 e. The first kappa shape index (κ1) is 12.4. The zero-order chi connectivity index (χ0) is 12.1. The van der Waals surface area contributed by atoms with Crippen molar-refractivity contribution in [1.29, 1.82) is 0 Å². The molecule has 1 heterocycles. The average Bonchev–Trinajstić information content (AvgIpc) is 2.28. The highest BCUT2D eigenvalue weighted by atomic mass is 16.5. The Hall–Kier alpha value is -1.65. The SMILES string of the molecule is COC(=O)c1cnc(NC(C)C(C)C)cn1. The largest absolute Gasteiger partial charge is 0.464 e. The van der Waals surface area contributed by atoms with Crippen molar-refractivity contribution in [3.05, 3.63) is 18.1 Å². The molecule has 1 aromatic heterocycles. The van der Waals surface area contributed by atoms with Gasteiger partial charge in [0.1, 0.15) is 5.82 Å². The summed E-state index contributed by atoms with van der Waals surface area (Å²) in [7, 11) is 1.32. The number of ether oxygens (including phenoxy) is 1. The van der Waals surface area contributed by atoms with Gasteiger partial charge < -0.3 is 10.1 Å².